The molecule has 0 heterocycles. The molecule has 94 valence electrons. The third-order valence-corrected chi connectivity index (χ3v) is 1.93. The lowest BCUT2D eigenvalue weighted by Gasteiger charge is -2.12. The van der Waals surface area contributed by atoms with Gasteiger partial charge >= 0.3 is 5.97 Å². The van der Waals surface area contributed by atoms with Gasteiger partial charge in [0.25, 0.3) is 0 Å². The molecule has 1 rings (SSSR count). The number of carboxylic acids is 1. The largest absolute Gasteiger partial charge is 0.504 e. The van der Waals surface area contributed by atoms with E-state index in [4.69, 9.17) is 20.1 Å². The van der Waals surface area contributed by atoms with Crippen LogP contribution >= 0.6 is 0 Å². The Kier molecular flexibility index (Phi) is 4.13. The second kappa shape index (κ2) is 5.37. The van der Waals surface area contributed by atoms with Gasteiger partial charge in [-0.1, -0.05) is 0 Å². The van der Waals surface area contributed by atoms with E-state index in [1.54, 1.807) is 0 Å². The highest BCUT2D eigenvalue weighted by Crippen LogP contribution is 2.36. The molecule has 0 saturated heterocycles. The smallest absolute Gasteiger partial charge is 0.335 e. The van der Waals surface area contributed by atoms with Crippen LogP contribution in [0.25, 0.3) is 0 Å². The van der Waals surface area contributed by atoms with Crippen molar-refractivity contribution in [3.8, 4) is 17.2 Å². The van der Waals surface area contributed by atoms with Gasteiger partial charge in [0, 0.05) is 0 Å². The molecule has 1 atom stereocenters. The predicted octanol–water partition coefficient (Wildman–Crippen LogP) is -0.472. The van der Waals surface area contributed by atoms with Crippen LogP contribution in [0.4, 0.5) is 0 Å². The van der Waals surface area contributed by atoms with Gasteiger partial charge in [0.15, 0.2) is 11.5 Å². The highest BCUT2D eigenvalue weighted by Gasteiger charge is 2.15. The van der Waals surface area contributed by atoms with Gasteiger partial charge in [-0.25, -0.2) is 4.79 Å². The molecule has 0 aliphatic rings. The van der Waals surface area contributed by atoms with Crippen LogP contribution in [0.15, 0.2) is 12.1 Å². The molecular formula is C10H12O7. The molecule has 0 amide bonds. The minimum Gasteiger partial charge on any atom is -0.504 e. The van der Waals surface area contributed by atoms with Crippen LogP contribution in [0.1, 0.15) is 10.4 Å². The van der Waals surface area contributed by atoms with E-state index in [1.807, 2.05) is 0 Å². The second-order valence-corrected chi connectivity index (χ2v) is 3.30. The fourth-order valence-electron chi connectivity index (χ4n) is 1.10. The van der Waals surface area contributed by atoms with Crippen molar-refractivity contribution in [1.82, 2.24) is 0 Å². The Balaban J connectivity index is 2.90. The molecule has 0 fully saturated rings. The van der Waals surface area contributed by atoms with Crippen molar-refractivity contribution in [3.05, 3.63) is 17.7 Å². The average molecular weight is 244 g/mol. The minimum atomic E-state index is -1.31. The number of hydrogen-bond acceptors (Lipinski definition) is 6. The Morgan fingerprint density at radius 2 is 1.82 bits per heavy atom. The molecule has 1 aromatic carbocycles. The van der Waals surface area contributed by atoms with Gasteiger partial charge in [-0.05, 0) is 12.1 Å². The first kappa shape index (κ1) is 13.1. The lowest BCUT2D eigenvalue weighted by Crippen LogP contribution is -2.21. The number of aliphatic hydroxyl groups excluding tert-OH is 2. The summed E-state index contributed by atoms with van der Waals surface area (Å²) >= 11 is 0. The first-order chi connectivity index (χ1) is 7.95. The number of carbonyl (C=O) groups is 1. The quantitative estimate of drug-likeness (QED) is 0.473. The van der Waals surface area contributed by atoms with E-state index in [0.717, 1.165) is 12.1 Å². The van der Waals surface area contributed by atoms with E-state index in [9.17, 15) is 15.0 Å². The number of phenolic OH excluding ortho intramolecular Hbond substituents is 2. The summed E-state index contributed by atoms with van der Waals surface area (Å²) < 4.78 is 4.85. The number of aromatic hydroxyl groups is 2. The number of aromatic carboxylic acids is 1. The number of aliphatic hydroxyl groups is 2. The van der Waals surface area contributed by atoms with Crippen molar-refractivity contribution in [1.29, 1.82) is 0 Å². The molecule has 0 aliphatic carbocycles. The minimum absolute atomic E-state index is 0.296. The predicted molar refractivity (Wildman–Crippen MR) is 55.3 cm³/mol. The Bertz CT molecular complexity index is 392. The molecule has 5 N–H and O–H groups in total. The third kappa shape index (κ3) is 3.23. The summed E-state index contributed by atoms with van der Waals surface area (Å²) in [5.41, 5.74) is -0.296. The van der Waals surface area contributed by atoms with Crippen LogP contribution in [-0.4, -0.2) is 50.8 Å². The van der Waals surface area contributed by atoms with Gasteiger partial charge in [-0.2, -0.15) is 0 Å². The Hall–Kier alpha value is -1.99. The number of rotatable bonds is 5. The molecule has 0 radical (unpaired) electrons. The van der Waals surface area contributed by atoms with Crippen LogP contribution in [0.2, 0.25) is 0 Å². The van der Waals surface area contributed by atoms with Crippen molar-refractivity contribution in [2.45, 2.75) is 6.10 Å². The van der Waals surface area contributed by atoms with Gasteiger partial charge in [0.1, 0.15) is 12.7 Å². The molecule has 1 unspecified atom stereocenters. The highest BCUT2D eigenvalue weighted by molar-refractivity contribution is 5.89. The van der Waals surface area contributed by atoms with Gasteiger partial charge in [-0.15, -0.1) is 0 Å². The number of carboxylic acid groups (broad SMARTS) is 1. The first-order valence-electron chi connectivity index (χ1n) is 4.66. The number of hydrogen-bond donors (Lipinski definition) is 5. The fourth-order valence-corrected chi connectivity index (χ4v) is 1.10. The topological polar surface area (TPSA) is 127 Å². The van der Waals surface area contributed by atoms with Gasteiger partial charge in [0.2, 0.25) is 5.75 Å². The fraction of sp³-hybridized carbons (Fsp3) is 0.300. The van der Waals surface area contributed by atoms with Crippen molar-refractivity contribution >= 4 is 5.97 Å². The SMILES string of the molecule is O=C(O)c1cc(O)c(OCC(O)CO)c(O)c1. The van der Waals surface area contributed by atoms with E-state index < -0.39 is 30.2 Å². The molecular weight excluding hydrogens is 232 g/mol. The lowest BCUT2D eigenvalue weighted by molar-refractivity contribution is 0.0518. The molecule has 1 aromatic rings. The zero-order valence-corrected chi connectivity index (χ0v) is 8.70. The molecule has 0 aliphatic heterocycles. The van der Waals surface area contributed by atoms with E-state index >= 15 is 0 Å². The van der Waals surface area contributed by atoms with Crippen molar-refractivity contribution in [2.24, 2.45) is 0 Å². The van der Waals surface area contributed by atoms with Crippen LogP contribution in [-0.2, 0) is 0 Å². The maximum Gasteiger partial charge on any atom is 0.335 e. The van der Waals surface area contributed by atoms with Crippen LogP contribution < -0.4 is 4.74 Å². The van der Waals surface area contributed by atoms with Gasteiger partial charge < -0.3 is 30.3 Å². The maximum atomic E-state index is 10.6. The number of phenols is 2. The molecule has 0 aromatic heterocycles. The standard InChI is InChI=1S/C10H12O7/c11-3-6(12)4-17-9-7(13)1-5(10(15)16)2-8(9)14/h1-2,6,11-14H,3-4H2,(H,15,16). The summed E-state index contributed by atoms with van der Waals surface area (Å²) in [6.45, 7) is -0.876. The van der Waals surface area contributed by atoms with Crippen molar-refractivity contribution in [3.63, 3.8) is 0 Å². The van der Waals surface area contributed by atoms with Crippen molar-refractivity contribution in [2.75, 3.05) is 13.2 Å². The van der Waals surface area contributed by atoms with Crippen LogP contribution in [0, 0.1) is 0 Å². The number of benzene rings is 1. The Labute approximate surface area is 96.1 Å². The highest BCUT2D eigenvalue weighted by atomic mass is 16.5. The molecule has 0 spiro atoms. The first-order valence-corrected chi connectivity index (χ1v) is 4.66. The maximum absolute atomic E-state index is 10.6. The van der Waals surface area contributed by atoms with Crippen molar-refractivity contribution < 1.29 is 35.1 Å². The van der Waals surface area contributed by atoms with E-state index in [2.05, 4.69) is 0 Å². The number of ether oxygens (including phenoxy) is 1. The second-order valence-electron chi connectivity index (χ2n) is 3.30. The summed E-state index contributed by atoms with van der Waals surface area (Å²) in [7, 11) is 0. The van der Waals surface area contributed by atoms with E-state index in [0.29, 0.717) is 0 Å². The summed E-state index contributed by atoms with van der Waals surface area (Å²) in [5, 5.41) is 45.0. The molecule has 0 saturated carbocycles. The normalized spacial score (nSPS) is 12.1. The average Bonchev–Trinajstić information content (AvgIpc) is 2.27. The Morgan fingerprint density at radius 3 is 2.24 bits per heavy atom. The summed E-state index contributed by atoms with van der Waals surface area (Å²) in [4.78, 5) is 10.6. The molecule has 0 bridgehead atoms. The lowest BCUT2D eigenvalue weighted by atomic mass is 10.2. The van der Waals surface area contributed by atoms with Gasteiger partial charge in [-0.3, -0.25) is 0 Å². The summed E-state index contributed by atoms with van der Waals surface area (Å²) in [6.07, 6.45) is -1.16. The molecule has 7 nitrogen and oxygen atoms in total. The monoisotopic (exact) mass is 244 g/mol. The summed E-state index contributed by atoms with van der Waals surface area (Å²) in [5.74, 6) is -2.78. The zero-order chi connectivity index (χ0) is 13.0. The molecule has 17 heavy (non-hydrogen) atoms. The third-order valence-electron chi connectivity index (χ3n) is 1.93. The zero-order valence-electron chi connectivity index (χ0n) is 8.70. The van der Waals surface area contributed by atoms with Crippen LogP contribution in [0.5, 0.6) is 17.2 Å². The van der Waals surface area contributed by atoms with E-state index in [1.165, 1.54) is 0 Å². The Morgan fingerprint density at radius 1 is 1.29 bits per heavy atom. The summed E-state index contributed by atoms with van der Waals surface area (Å²) in [6, 6.07) is 1.81. The van der Waals surface area contributed by atoms with E-state index in [-0.39, 0.29) is 17.9 Å². The molecule has 7 heteroatoms. The van der Waals surface area contributed by atoms with Gasteiger partial charge in [0.05, 0.1) is 12.2 Å². The van der Waals surface area contributed by atoms with Crippen LogP contribution in [0.3, 0.4) is 0 Å².